The second-order valence-corrected chi connectivity index (χ2v) is 5.98. The lowest BCUT2D eigenvalue weighted by Crippen LogP contribution is -2.25. The fourth-order valence-electron chi connectivity index (χ4n) is 2.60. The maximum Gasteiger partial charge on any atom is 0.0208 e. The van der Waals surface area contributed by atoms with Crippen LogP contribution in [0.25, 0.3) is 0 Å². The Balaban J connectivity index is 1.50. The molecule has 2 aliphatic rings. The average molecular weight is 229 g/mol. The molecule has 0 radical (unpaired) electrons. The highest BCUT2D eigenvalue weighted by atomic mass is 14.9. The minimum Gasteiger partial charge on any atom is -0.310 e. The summed E-state index contributed by atoms with van der Waals surface area (Å²) in [7, 11) is 0. The standard InChI is InChI=1S/C16H23N/c1-12(9-13-5-6-13)17-11-14-3-2-4-16(10-14)15-7-8-15/h2-4,10,12-13,15,17H,5-9,11H2,1H3. The van der Waals surface area contributed by atoms with Gasteiger partial charge in [0, 0.05) is 12.6 Å². The van der Waals surface area contributed by atoms with E-state index in [2.05, 4.69) is 36.5 Å². The maximum absolute atomic E-state index is 3.66. The highest BCUT2D eigenvalue weighted by Crippen LogP contribution is 2.40. The molecule has 3 rings (SSSR count). The number of benzene rings is 1. The van der Waals surface area contributed by atoms with Gasteiger partial charge in [-0.25, -0.2) is 0 Å². The van der Waals surface area contributed by atoms with Gasteiger partial charge in [-0.15, -0.1) is 0 Å². The van der Waals surface area contributed by atoms with Gasteiger partial charge in [0.1, 0.15) is 0 Å². The Bertz CT molecular complexity index is 377. The first kappa shape index (κ1) is 11.3. The van der Waals surface area contributed by atoms with Crippen LogP contribution < -0.4 is 5.32 Å². The van der Waals surface area contributed by atoms with Gasteiger partial charge in [-0.1, -0.05) is 37.1 Å². The van der Waals surface area contributed by atoms with E-state index in [1.165, 1.54) is 37.7 Å². The van der Waals surface area contributed by atoms with E-state index in [1.807, 2.05) is 0 Å². The van der Waals surface area contributed by atoms with Crippen LogP contribution in [0.3, 0.4) is 0 Å². The van der Waals surface area contributed by atoms with Gasteiger partial charge < -0.3 is 5.32 Å². The second kappa shape index (κ2) is 4.81. The largest absolute Gasteiger partial charge is 0.310 e. The van der Waals surface area contributed by atoms with Gasteiger partial charge in [0.05, 0.1) is 0 Å². The molecule has 1 nitrogen and oxygen atoms in total. The van der Waals surface area contributed by atoms with Crippen LogP contribution >= 0.6 is 0 Å². The van der Waals surface area contributed by atoms with Crippen molar-refractivity contribution in [2.45, 2.75) is 57.5 Å². The topological polar surface area (TPSA) is 12.0 Å². The van der Waals surface area contributed by atoms with Crippen LogP contribution in [0.2, 0.25) is 0 Å². The number of hydrogen-bond donors (Lipinski definition) is 1. The lowest BCUT2D eigenvalue weighted by atomic mass is 10.1. The summed E-state index contributed by atoms with van der Waals surface area (Å²) in [5.74, 6) is 1.90. The first-order valence-corrected chi connectivity index (χ1v) is 7.13. The molecule has 0 aromatic heterocycles. The third-order valence-corrected chi connectivity index (χ3v) is 4.04. The van der Waals surface area contributed by atoms with E-state index in [4.69, 9.17) is 0 Å². The Morgan fingerprint density at radius 3 is 2.76 bits per heavy atom. The molecular formula is C16H23N. The molecule has 92 valence electrons. The predicted octanol–water partition coefficient (Wildman–Crippen LogP) is 3.84. The molecule has 0 saturated heterocycles. The average Bonchev–Trinajstić information content (AvgIpc) is 3.19. The number of nitrogens with one attached hydrogen (secondary N) is 1. The second-order valence-electron chi connectivity index (χ2n) is 5.98. The summed E-state index contributed by atoms with van der Waals surface area (Å²) in [5.41, 5.74) is 3.01. The summed E-state index contributed by atoms with van der Waals surface area (Å²) >= 11 is 0. The van der Waals surface area contributed by atoms with Crippen molar-refractivity contribution >= 4 is 0 Å². The van der Waals surface area contributed by atoms with E-state index in [-0.39, 0.29) is 0 Å². The van der Waals surface area contributed by atoms with Crippen molar-refractivity contribution < 1.29 is 0 Å². The maximum atomic E-state index is 3.66. The normalized spacial score (nSPS) is 21.5. The highest BCUT2D eigenvalue weighted by Gasteiger charge is 2.24. The predicted molar refractivity (Wildman–Crippen MR) is 72.1 cm³/mol. The Labute approximate surface area is 105 Å². The van der Waals surface area contributed by atoms with Crippen LogP contribution in [0, 0.1) is 5.92 Å². The van der Waals surface area contributed by atoms with E-state index in [9.17, 15) is 0 Å². The van der Waals surface area contributed by atoms with E-state index >= 15 is 0 Å². The first-order chi connectivity index (χ1) is 8.31. The molecule has 0 heterocycles. The van der Waals surface area contributed by atoms with Crippen molar-refractivity contribution in [3.05, 3.63) is 35.4 Å². The van der Waals surface area contributed by atoms with Crippen molar-refractivity contribution in [3.63, 3.8) is 0 Å². The van der Waals surface area contributed by atoms with Crippen molar-refractivity contribution in [2.75, 3.05) is 0 Å². The van der Waals surface area contributed by atoms with Crippen LogP contribution in [0.5, 0.6) is 0 Å². The van der Waals surface area contributed by atoms with Gasteiger partial charge in [0.15, 0.2) is 0 Å². The minimum absolute atomic E-state index is 0.673. The van der Waals surface area contributed by atoms with E-state index in [1.54, 1.807) is 5.56 Å². The van der Waals surface area contributed by atoms with Crippen LogP contribution in [0.4, 0.5) is 0 Å². The Hall–Kier alpha value is -0.820. The van der Waals surface area contributed by atoms with E-state index in [0.29, 0.717) is 6.04 Å². The molecule has 1 unspecified atom stereocenters. The quantitative estimate of drug-likeness (QED) is 0.781. The molecular weight excluding hydrogens is 206 g/mol. The number of rotatable bonds is 6. The first-order valence-electron chi connectivity index (χ1n) is 7.13. The number of hydrogen-bond acceptors (Lipinski definition) is 1. The van der Waals surface area contributed by atoms with E-state index in [0.717, 1.165) is 18.4 Å². The molecule has 0 aliphatic heterocycles. The van der Waals surface area contributed by atoms with Gasteiger partial charge in [-0.05, 0) is 49.1 Å². The molecule has 1 N–H and O–H groups in total. The molecule has 2 aliphatic carbocycles. The fourth-order valence-corrected chi connectivity index (χ4v) is 2.60. The molecule has 1 heteroatoms. The summed E-state index contributed by atoms with van der Waals surface area (Å²) < 4.78 is 0. The summed E-state index contributed by atoms with van der Waals surface area (Å²) in [6, 6.07) is 9.83. The van der Waals surface area contributed by atoms with Gasteiger partial charge in [-0.3, -0.25) is 0 Å². The molecule has 0 amide bonds. The Morgan fingerprint density at radius 2 is 2.06 bits per heavy atom. The minimum atomic E-state index is 0.673. The van der Waals surface area contributed by atoms with Crippen molar-refractivity contribution in [2.24, 2.45) is 5.92 Å². The zero-order valence-corrected chi connectivity index (χ0v) is 10.8. The van der Waals surface area contributed by atoms with Gasteiger partial charge >= 0.3 is 0 Å². The molecule has 2 saturated carbocycles. The fraction of sp³-hybridized carbons (Fsp3) is 0.625. The smallest absolute Gasteiger partial charge is 0.0208 e. The third-order valence-electron chi connectivity index (χ3n) is 4.04. The monoisotopic (exact) mass is 229 g/mol. The molecule has 17 heavy (non-hydrogen) atoms. The van der Waals surface area contributed by atoms with Crippen molar-refractivity contribution in [1.29, 1.82) is 0 Å². The van der Waals surface area contributed by atoms with Crippen molar-refractivity contribution in [1.82, 2.24) is 5.32 Å². The third kappa shape index (κ3) is 3.32. The molecule has 1 aromatic carbocycles. The molecule has 0 spiro atoms. The highest BCUT2D eigenvalue weighted by molar-refractivity contribution is 5.29. The van der Waals surface area contributed by atoms with Crippen molar-refractivity contribution in [3.8, 4) is 0 Å². The molecule has 1 atom stereocenters. The SMILES string of the molecule is CC(CC1CC1)NCc1cccc(C2CC2)c1. The van der Waals surface area contributed by atoms with E-state index < -0.39 is 0 Å². The van der Waals surface area contributed by atoms with Crippen LogP contribution in [0.15, 0.2) is 24.3 Å². The van der Waals surface area contributed by atoms with Gasteiger partial charge in [-0.2, -0.15) is 0 Å². The summed E-state index contributed by atoms with van der Waals surface area (Å²) in [6.45, 7) is 3.36. The van der Waals surface area contributed by atoms with Gasteiger partial charge in [0.25, 0.3) is 0 Å². The van der Waals surface area contributed by atoms with Crippen LogP contribution in [0.1, 0.15) is 56.1 Å². The van der Waals surface area contributed by atoms with Gasteiger partial charge in [0.2, 0.25) is 0 Å². The summed E-state index contributed by atoms with van der Waals surface area (Å²) in [5, 5.41) is 3.66. The zero-order valence-electron chi connectivity index (χ0n) is 10.8. The summed E-state index contributed by atoms with van der Waals surface area (Å²) in [6.07, 6.45) is 7.08. The Morgan fingerprint density at radius 1 is 1.24 bits per heavy atom. The molecule has 2 fully saturated rings. The van der Waals surface area contributed by atoms with Crippen LogP contribution in [-0.2, 0) is 6.54 Å². The van der Waals surface area contributed by atoms with Crippen LogP contribution in [-0.4, -0.2) is 6.04 Å². The lowest BCUT2D eigenvalue weighted by molar-refractivity contribution is 0.487. The Kier molecular flexibility index (Phi) is 3.19. The molecule has 1 aromatic rings. The molecule has 0 bridgehead atoms. The summed E-state index contributed by atoms with van der Waals surface area (Å²) in [4.78, 5) is 0. The lowest BCUT2D eigenvalue weighted by Gasteiger charge is -2.13. The zero-order chi connectivity index (χ0) is 11.7.